The first-order valence-corrected chi connectivity index (χ1v) is 4.47. The van der Waals surface area contributed by atoms with E-state index in [1.54, 1.807) is 24.3 Å². The summed E-state index contributed by atoms with van der Waals surface area (Å²) in [4.78, 5) is 8.88. The van der Waals surface area contributed by atoms with Gasteiger partial charge in [-0.3, -0.25) is 4.89 Å². The maximum absolute atomic E-state index is 10.8. The van der Waals surface area contributed by atoms with Gasteiger partial charge in [0.15, 0.2) is 0 Å². The van der Waals surface area contributed by atoms with Crippen molar-refractivity contribution in [3.05, 3.63) is 24.3 Å². The summed E-state index contributed by atoms with van der Waals surface area (Å²) in [5, 5.41) is 0. The summed E-state index contributed by atoms with van der Waals surface area (Å²) in [6.45, 7) is 0. The topological polar surface area (TPSA) is 55.8 Å². The van der Waals surface area contributed by atoms with E-state index in [-0.39, 0.29) is 0 Å². The molecule has 2 bridgehead atoms. The molecular weight excluding hydrogens is 167 g/mol. The zero-order valence-electron chi connectivity index (χ0n) is 5.43. The first-order chi connectivity index (χ1) is 5.16. The summed E-state index contributed by atoms with van der Waals surface area (Å²) in [7, 11) is -3.85. The number of phosphoric ester groups is 1. The van der Waals surface area contributed by atoms with E-state index in [2.05, 4.69) is 9.05 Å². The summed E-state index contributed by atoms with van der Waals surface area (Å²) in [5.41, 5.74) is 0. The van der Waals surface area contributed by atoms with E-state index in [9.17, 15) is 4.57 Å². The molecule has 0 fully saturated rings. The third-order valence-corrected chi connectivity index (χ3v) is 2.13. The minimum absolute atomic E-state index is 0.361. The van der Waals surface area contributed by atoms with Crippen LogP contribution in [0.25, 0.3) is 0 Å². The molecule has 1 aromatic rings. The van der Waals surface area contributed by atoms with Crippen LogP contribution in [0.15, 0.2) is 24.3 Å². The minimum Gasteiger partial charge on any atom is -0.395 e. The normalized spacial score (nSPS) is 18.3. The molecule has 0 unspecified atom stereocenters. The summed E-state index contributed by atoms with van der Waals surface area (Å²) in [5.74, 6) is 0.721. The van der Waals surface area contributed by atoms with Gasteiger partial charge in [-0.1, -0.05) is 6.07 Å². The van der Waals surface area contributed by atoms with E-state index in [1.165, 1.54) is 0 Å². The van der Waals surface area contributed by atoms with Crippen LogP contribution < -0.4 is 9.05 Å². The standard InChI is InChI=1S/C6H5O4P/c7-11(8)9-5-2-1-3-6(4-5)10-11/h1-4H,(H,7,8). The molecule has 1 N–H and O–H groups in total. The summed E-state index contributed by atoms with van der Waals surface area (Å²) < 4.78 is 20.0. The Kier molecular flexibility index (Phi) is 1.22. The molecule has 0 amide bonds. The van der Waals surface area contributed by atoms with E-state index in [4.69, 9.17) is 4.89 Å². The van der Waals surface area contributed by atoms with Gasteiger partial charge in [-0.15, -0.1) is 0 Å². The third kappa shape index (κ3) is 1.23. The minimum atomic E-state index is -3.85. The fourth-order valence-electron chi connectivity index (χ4n) is 0.873. The van der Waals surface area contributed by atoms with Gasteiger partial charge in [0.05, 0.1) is 0 Å². The van der Waals surface area contributed by atoms with E-state index in [1.807, 2.05) is 0 Å². The number of hydrogen-bond donors (Lipinski definition) is 1. The van der Waals surface area contributed by atoms with Crippen molar-refractivity contribution in [3.8, 4) is 11.5 Å². The Morgan fingerprint density at radius 2 is 1.82 bits per heavy atom. The Labute approximate surface area is 63.0 Å². The fraction of sp³-hybridized carbons (Fsp3) is 0. The highest BCUT2D eigenvalue weighted by Gasteiger charge is 2.28. The number of rotatable bonds is 0. The third-order valence-electron chi connectivity index (χ3n) is 1.25. The summed E-state index contributed by atoms with van der Waals surface area (Å²) in [6, 6.07) is 6.42. The molecule has 1 heterocycles. The van der Waals surface area contributed by atoms with Gasteiger partial charge in [-0.25, -0.2) is 4.57 Å². The molecule has 1 aliphatic rings. The van der Waals surface area contributed by atoms with Crippen LogP contribution >= 0.6 is 7.82 Å². The Balaban J connectivity index is 2.51. The second-order valence-corrected chi connectivity index (χ2v) is 3.43. The smallest absolute Gasteiger partial charge is 0.395 e. The number of benzene rings is 1. The van der Waals surface area contributed by atoms with Crippen LogP contribution in [0.5, 0.6) is 11.5 Å². The lowest BCUT2D eigenvalue weighted by Crippen LogP contribution is -2.03. The molecule has 0 aromatic heterocycles. The molecule has 0 radical (unpaired) electrons. The molecule has 0 saturated carbocycles. The summed E-state index contributed by atoms with van der Waals surface area (Å²) in [6.07, 6.45) is 0. The molecule has 4 nitrogen and oxygen atoms in total. The number of phosphoric acid groups is 1. The van der Waals surface area contributed by atoms with Crippen LogP contribution in [-0.2, 0) is 4.57 Å². The van der Waals surface area contributed by atoms with Gasteiger partial charge in [-0.05, 0) is 12.1 Å². The van der Waals surface area contributed by atoms with Crippen molar-refractivity contribution in [3.63, 3.8) is 0 Å². The van der Waals surface area contributed by atoms with Gasteiger partial charge >= 0.3 is 7.82 Å². The van der Waals surface area contributed by atoms with Crippen molar-refractivity contribution in [1.82, 2.24) is 0 Å². The van der Waals surface area contributed by atoms with Crippen molar-refractivity contribution in [2.75, 3.05) is 0 Å². The van der Waals surface area contributed by atoms with Crippen LogP contribution in [0.4, 0.5) is 0 Å². The van der Waals surface area contributed by atoms with Crippen molar-refractivity contribution < 1.29 is 18.5 Å². The Hall–Kier alpha value is -0.990. The SMILES string of the molecule is O=P1(O)Oc2cccc(c2)O1. The largest absolute Gasteiger partial charge is 0.584 e. The van der Waals surface area contributed by atoms with Crippen molar-refractivity contribution in [1.29, 1.82) is 0 Å². The maximum atomic E-state index is 10.8. The monoisotopic (exact) mass is 172 g/mol. The molecule has 2 rings (SSSR count). The predicted molar refractivity (Wildman–Crippen MR) is 37.5 cm³/mol. The fourth-order valence-corrected chi connectivity index (χ4v) is 1.67. The molecule has 0 atom stereocenters. The highest BCUT2D eigenvalue weighted by molar-refractivity contribution is 7.48. The first kappa shape index (κ1) is 6.70. The quantitative estimate of drug-likeness (QED) is 0.603. The average Bonchev–Trinajstić information content (AvgIpc) is 1.82. The maximum Gasteiger partial charge on any atom is 0.584 e. The molecule has 1 aromatic carbocycles. The van der Waals surface area contributed by atoms with E-state index >= 15 is 0 Å². The van der Waals surface area contributed by atoms with E-state index in [0.29, 0.717) is 11.5 Å². The van der Waals surface area contributed by atoms with Gasteiger partial charge < -0.3 is 9.05 Å². The van der Waals surface area contributed by atoms with E-state index < -0.39 is 7.82 Å². The Bertz CT molecular complexity index is 310. The molecule has 0 saturated heterocycles. The lowest BCUT2D eigenvalue weighted by molar-refractivity contribution is 0.280. The van der Waals surface area contributed by atoms with Crippen LogP contribution in [0.3, 0.4) is 0 Å². The van der Waals surface area contributed by atoms with Gasteiger partial charge in [0, 0.05) is 6.07 Å². The van der Waals surface area contributed by atoms with Gasteiger partial charge in [0.25, 0.3) is 0 Å². The predicted octanol–water partition coefficient (Wildman–Crippen LogP) is 1.56. The first-order valence-electron chi connectivity index (χ1n) is 2.98. The second-order valence-electron chi connectivity index (χ2n) is 2.13. The van der Waals surface area contributed by atoms with Crippen molar-refractivity contribution in [2.24, 2.45) is 0 Å². The van der Waals surface area contributed by atoms with Gasteiger partial charge in [-0.2, -0.15) is 0 Å². The number of hydrogen-bond acceptors (Lipinski definition) is 3. The molecule has 0 aliphatic carbocycles. The number of fused-ring (bicyclic) bond motifs is 2. The average molecular weight is 172 g/mol. The molecule has 5 heteroatoms. The molecule has 58 valence electrons. The van der Waals surface area contributed by atoms with Gasteiger partial charge in [0.2, 0.25) is 0 Å². The lowest BCUT2D eigenvalue weighted by Gasteiger charge is -2.18. The second kappa shape index (κ2) is 2.00. The molecule has 11 heavy (non-hydrogen) atoms. The van der Waals surface area contributed by atoms with Gasteiger partial charge in [0.1, 0.15) is 11.5 Å². The van der Waals surface area contributed by atoms with Crippen LogP contribution in [-0.4, -0.2) is 4.89 Å². The highest BCUT2D eigenvalue weighted by Crippen LogP contribution is 2.49. The Morgan fingerprint density at radius 1 is 1.27 bits per heavy atom. The molecular formula is C6H5O4P. The van der Waals surface area contributed by atoms with Crippen LogP contribution in [0, 0.1) is 0 Å². The Morgan fingerprint density at radius 3 is 2.36 bits per heavy atom. The van der Waals surface area contributed by atoms with Crippen molar-refractivity contribution in [2.45, 2.75) is 0 Å². The van der Waals surface area contributed by atoms with Crippen LogP contribution in [0.1, 0.15) is 0 Å². The zero-order valence-corrected chi connectivity index (χ0v) is 6.32. The van der Waals surface area contributed by atoms with Crippen molar-refractivity contribution >= 4 is 7.82 Å². The summed E-state index contributed by atoms with van der Waals surface area (Å²) >= 11 is 0. The van der Waals surface area contributed by atoms with Crippen LogP contribution in [0.2, 0.25) is 0 Å². The zero-order chi connectivity index (χ0) is 7.90. The lowest BCUT2D eigenvalue weighted by atomic mass is 10.3. The van der Waals surface area contributed by atoms with E-state index in [0.717, 1.165) is 0 Å². The molecule has 0 spiro atoms. The highest BCUT2D eigenvalue weighted by atomic mass is 31.2. The molecule has 1 aliphatic heterocycles.